The number of esters is 2. The van der Waals surface area contributed by atoms with E-state index in [0.717, 1.165) is 13.1 Å². The van der Waals surface area contributed by atoms with E-state index < -0.39 is 22.0 Å². The highest BCUT2D eigenvalue weighted by Gasteiger charge is 2.33. The highest BCUT2D eigenvalue weighted by Crippen LogP contribution is 2.25. The lowest BCUT2D eigenvalue weighted by Gasteiger charge is -2.33. The first-order valence-corrected chi connectivity index (χ1v) is 10.3. The normalized spacial score (nSPS) is 15.0. The van der Waals surface area contributed by atoms with Crippen LogP contribution in [0.25, 0.3) is 0 Å². The number of sulfonamides is 1. The van der Waals surface area contributed by atoms with E-state index >= 15 is 0 Å². The van der Waals surface area contributed by atoms with Gasteiger partial charge in [0.15, 0.2) is 0 Å². The van der Waals surface area contributed by atoms with Crippen molar-refractivity contribution >= 4 is 34.4 Å². The van der Waals surface area contributed by atoms with Crippen LogP contribution in [0.4, 0.5) is 0 Å². The minimum Gasteiger partial charge on any atom is -0.465 e. The molecule has 1 saturated heterocycles. The summed E-state index contributed by atoms with van der Waals surface area (Å²) in [5.74, 6) is -1.44. The van der Waals surface area contributed by atoms with Gasteiger partial charge in [-0.2, -0.15) is 4.31 Å². The molecule has 0 amide bonds. The molecule has 2 rings (SSSR count). The van der Waals surface area contributed by atoms with E-state index in [9.17, 15) is 18.0 Å². The van der Waals surface area contributed by atoms with Gasteiger partial charge in [0, 0.05) is 12.6 Å². The number of nitrogens with zero attached hydrogens (tertiary/aromatic N) is 1. The first-order valence-electron chi connectivity index (χ1n) is 8.89. The summed E-state index contributed by atoms with van der Waals surface area (Å²) in [6.07, 6.45) is 2.07. The number of ether oxygens (including phenoxy) is 2. The second kappa shape index (κ2) is 10.8. The Bertz CT molecular complexity index is 759. The van der Waals surface area contributed by atoms with Crippen molar-refractivity contribution in [3.8, 4) is 0 Å². The summed E-state index contributed by atoms with van der Waals surface area (Å²) in [5, 5.41) is 3.22. The molecule has 8 nitrogen and oxygen atoms in total. The fraction of sp³-hybridized carbons (Fsp3) is 0.556. The third kappa shape index (κ3) is 5.44. The standard InChI is InChI=1S/C18H26N2O6S.ClH/c1-4-9-20(15-5-7-19-8-6-15)27(23,24)16-11-13(17(21)25-2)10-14(12-16)18(22)26-3;/h10-12,15,19H,4-9H2,1-3H3;1H. The topological polar surface area (TPSA) is 102 Å². The van der Waals surface area contributed by atoms with Crippen molar-refractivity contribution in [2.45, 2.75) is 37.1 Å². The third-order valence-corrected chi connectivity index (χ3v) is 6.44. The van der Waals surface area contributed by atoms with Crippen molar-refractivity contribution in [1.29, 1.82) is 0 Å². The summed E-state index contributed by atoms with van der Waals surface area (Å²) < 4.78 is 37.6. The van der Waals surface area contributed by atoms with Gasteiger partial charge in [0.05, 0.1) is 30.2 Å². The van der Waals surface area contributed by atoms with Crippen LogP contribution in [0.15, 0.2) is 23.1 Å². The van der Waals surface area contributed by atoms with E-state index in [4.69, 9.17) is 0 Å². The van der Waals surface area contributed by atoms with Gasteiger partial charge in [0.25, 0.3) is 0 Å². The van der Waals surface area contributed by atoms with Gasteiger partial charge in [0.2, 0.25) is 10.0 Å². The summed E-state index contributed by atoms with van der Waals surface area (Å²) in [7, 11) is -1.51. The second-order valence-electron chi connectivity index (χ2n) is 6.33. The zero-order valence-electron chi connectivity index (χ0n) is 16.3. The van der Waals surface area contributed by atoms with E-state index in [2.05, 4.69) is 14.8 Å². The van der Waals surface area contributed by atoms with Crippen molar-refractivity contribution in [2.24, 2.45) is 0 Å². The number of halogens is 1. The summed E-state index contributed by atoms with van der Waals surface area (Å²) in [6.45, 7) is 3.77. The number of carbonyl (C=O) groups is 2. The Balaban J connectivity index is 0.00000392. The number of hydrogen-bond acceptors (Lipinski definition) is 7. The average Bonchev–Trinajstić information content (AvgIpc) is 2.70. The Morgan fingerprint density at radius 3 is 2.00 bits per heavy atom. The van der Waals surface area contributed by atoms with Crippen LogP contribution in [-0.2, 0) is 19.5 Å². The molecule has 0 unspecified atom stereocenters. The van der Waals surface area contributed by atoms with Crippen LogP contribution in [0.2, 0.25) is 0 Å². The van der Waals surface area contributed by atoms with Gasteiger partial charge in [-0.05, 0) is 50.6 Å². The van der Waals surface area contributed by atoms with Crippen LogP contribution in [0, 0.1) is 0 Å². The maximum Gasteiger partial charge on any atom is 0.337 e. The molecule has 1 fully saturated rings. The van der Waals surface area contributed by atoms with Crippen molar-refractivity contribution in [3.05, 3.63) is 29.3 Å². The molecule has 1 aliphatic rings. The molecule has 10 heteroatoms. The van der Waals surface area contributed by atoms with Crippen LogP contribution in [0.3, 0.4) is 0 Å². The number of benzene rings is 1. The lowest BCUT2D eigenvalue weighted by molar-refractivity contribution is 0.0598. The van der Waals surface area contributed by atoms with Gasteiger partial charge in [-0.1, -0.05) is 6.92 Å². The fourth-order valence-corrected chi connectivity index (χ4v) is 5.02. The molecule has 0 aromatic heterocycles. The van der Waals surface area contributed by atoms with E-state index in [1.807, 2.05) is 6.92 Å². The molecule has 28 heavy (non-hydrogen) atoms. The van der Waals surface area contributed by atoms with E-state index in [1.54, 1.807) is 0 Å². The Morgan fingerprint density at radius 2 is 1.57 bits per heavy atom. The first kappa shape index (κ1) is 24.4. The molecule has 1 heterocycles. The molecule has 158 valence electrons. The summed E-state index contributed by atoms with van der Waals surface area (Å²) in [6, 6.07) is 3.64. The van der Waals surface area contributed by atoms with Gasteiger partial charge in [-0.3, -0.25) is 0 Å². The number of piperidine rings is 1. The molecule has 0 atom stereocenters. The zero-order valence-corrected chi connectivity index (χ0v) is 17.9. The molecular weight excluding hydrogens is 408 g/mol. The molecule has 1 aliphatic heterocycles. The van der Waals surface area contributed by atoms with Gasteiger partial charge in [-0.15, -0.1) is 12.4 Å². The van der Waals surface area contributed by atoms with E-state index in [-0.39, 0.29) is 34.5 Å². The predicted octanol–water partition coefficient (Wildman–Crippen LogP) is 1.83. The van der Waals surface area contributed by atoms with Crippen molar-refractivity contribution in [2.75, 3.05) is 33.9 Å². The Kier molecular flexibility index (Phi) is 9.35. The minimum atomic E-state index is -3.90. The number of nitrogens with one attached hydrogen (secondary N) is 1. The van der Waals surface area contributed by atoms with Crippen molar-refractivity contribution in [3.63, 3.8) is 0 Å². The minimum absolute atomic E-state index is 0. The smallest absolute Gasteiger partial charge is 0.337 e. The number of carbonyl (C=O) groups excluding carboxylic acids is 2. The largest absolute Gasteiger partial charge is 0.465 e. The van der Waals surface area contributed by atoms with Crippen LogP contribution >= 0.6 is 12.4 Å². The Morgan fingerprint density at radius 1 is 1.07 bits per heavy atom. The molecule has 1 aromatic rings. The molecule has 0 aliphatic carbocycles. The highest BCUT2D eigenvalue weighted by molar-refractivity contribution is 7.89. The second-order valence-corrected chi connectivity index (χ2v) is 8.22. The summed E-state index contributed by atoms with van der Waals surface area (Å²) in [4.78, 5) is 23.8. The quantitative estimate of drug-likeness (QED) is 0.653. The maximum atomic E-state index is 13.3. The molecule has 1 aromatic carbocycles. The van der Waals surface area contributed by atoms with Crippen molar-refractivity contribution in [1.82, 2.24) is 9.62 Å². The van der Waals surface area contributed by atoms with Crippen molar-refractivity contribution < 1.29 is 27.5 Å². The first-order chi connectivity index (χ1) is 12.8. The summed E-state index contributed by atoms with van der Waals surface area (Å²) in [5.41, 5.74) is -0.0264. The Labute approximate surface area is 172 Å². The third-order valence-electron chi connectivity index (χ3n) is 4.52. The van der Waals surface area contributed by atoms with Crippen LogP contribution in [-0.4, -0.2) is 64.6 Å². The molecule has 0 radical (unpaired) electrons. The highest BCUT2D eigenvalue weighted by atomic mass is 35.5. The Hall–Kier alpha value is -1.68. The van der Waals surface area contributed by atoms with E-state index in [1.165, 1.54) is 36.7 Å². The van der Waals surface area contributed by atoms with Gasteiger partial charge >= 0.3 is 11.9 Å². The molecule has 0 bridgehead atoms. The van der Waals surface area contributed by atoms with Crippen LogP contribution < -0.4 is 5.32 Å². The number of rotatable bonds is 7. The van der Waals surface area contributed by atoms with Crippen LogP contribution in [0.1, 0.15) is 46.9 Å². The summed E-state index contributed by atoms with van der Waals surface area (Å²) >= 11 is 0. The average molecular weight is 435 g/mol. The zero-order chi connectivity index (χ0) is 20.0. The molecule has 0 spiro atoms. The van der Waals surface area contributed by atoms with Gasteiger partial charge < -0.3 is 14.8 Å². The predicted molar refractivity (Wildman–Crippen MR) is 106 cm³/mol. The molecule has 1 N–H and O–H groups in total. The number of methoxy groups -OCH3 is 2. The fourth-order valence-electron chi connectivity index (χ4n) is 3.17. The molecular formula is C18H27ClN2O6S. The maximum absolute atomic E-state index is 13.3. The van der Waals surface area contributed by atoms with Gasteiger partial charge in [-0.25, -0.2) is 18.0 Å². The SMILES string of the molecule is CCCN(C1CCNCC1)S(=O)(=O)c1cc(C(=O)OC)cc(C(=O)OC)c1.Cl. The van der Waals surface area contributed by atoms with E-state index in [0.29, 0.717) is 25.8 Å². The van der Waals surface area contributed by atoms with Gasteiger partial charge in [0.1, 0.15) is 0 Å². The molecule has 0 saturated carbocycles. The lowest BCUT2D eigenvalue weighted by atomic mass is 10.1. The number of hydrogen-bond donors (Lipinski definition) is 1. The monoisotopic (exact) mass is 434 g/mol. The van der Waals surface area contributed by atoms with Crippen LogP contribution in [0.5, 0.6) is 0 Å². The lowest BCUT2D eigenvalue weighted by Crippen LogP contribution is -2.46.